The number of rotatable bonds is 9. The Hall–Kier alpha value is -3.18. The summed E-state index contributed by atoms with van der Waals surface area (Å²) in [5.41, 5.74) is 7.37. The first kappa shape index (κ1) is 24.0. The lowest BCUT2D eigenvalue weighted by Crippen LogP contribution is -2.21. The summed E-state index contributed by atoms with van der Waals surface area (Å²) in [7, 11) is 0. The summed E-state index contributed by atoms with van der Waals surface area (Å²) in [4.78, 5) is 4.63. The van der Waals surface area contributed by atoms with E-state index in [1.807, 2.05) is 18.2 Å². The third-order valence-electron chi connectivity index (χ3n) is 6.48. The van der Waals surface area contributed by atoms with Gasteiger partial charge in [0, 0.05) is 54.4 Å². The van der Waals surface area contributed by atoms with Crippen molar-refractivity contribution in [3.8, 4) is 11.1 Å². The molecule has 6 heteroatoms. The second-order valence-corrected chi connectivity index (χ2v) is 8.69. The Bertz CT molecular complexity index is 1240. The summed E-state index contributed by atoms with van der Waals surface area (Å²) in [5.74, 6) is 0. The minimum Gasteiger partial charge on any atom is -0.372 e. The number of halogens is 1. The molecule has 4 aromatic rings. The van der Waals surface area contributed by atoms with Crippen LogP contribution in [0.15, 0.2) is 60.7 Å². The number of hydrogen-bond donors (Lipinski definition) is 0. The normalized spacial score (nSPS) is 11.1. The van der Waals surface area contributed by atoms with E-state index in [-0.39, 0.29) is 0 Å². The number of anilines is 2. The molecule has 4 rings (SSSR count). The van der Waals surface area contributed by atoms with Crippen molar-refractivity contribution in [1.82, 2.24) is 15.4 Å². The molecule has 0 radical (unpaired) electrons. The summed E-state index contributed by atoms with van der Waals surface area (Å²) in [5, 5.41) is 14.6. The Morgan fingerprint density at radius 2 is 1.38 bits per heavy atom. The van der Waals surface area contributed by atoms with Crippen LogP contribution >= 0.6 is 11.6 Å². The molecule has 0 fully saturated rings. The lowest BCUT2D eigenvalue weighted by molar-refractivity contribution is 0.849. The standard InChI is InChI=1S/C28H32ClN5/c1-5-33(6-2)22-15-12-20(13-16-22)24-10-9-11-26-28(24)27(31-32-30-26)18-21-14-17-23(19-25(21)29)34(7-3)8-4/h9-17,19H,5-8,18H2,1-4H3. The van der Waals surface area contributed by atoms with E-state index in [0.717, 1.165) is 70.2 Å². The highest BCUT2D eigenvalue weighted by molar-refractivity contribution is 6.31. The van der Waals surface area contributed by atoms with Crippen LogP contribution in [0.2, 0.25) is 5.02 Å². The Balaban J connectivity index is 1.73. The first-order chi connectivity index (χ1) is 16.6. The van der Waals surface area contributed by atoms with E-state index in [2.05, 4.69) is 95.4 Å². The van der Waals surface area contributed by atoms with Crippen molar-refractivity contribution in [1.29, 1.82) is 0 Å². The van der Waals surface area contributed by atoms with Crippen LogP contribution < -0.4 is 9.80 Å². The van der Waals surface area contributed by atoms with Crippen LogP contribution in [0.4, 0.5) is 11.4 Å². The molecule has 0 spiro atoms. The highest BCUT2D eigenvalue weighted by Gasteiger charge is 2.15. The molecule has 176 valence electrons. The van der Waals surface area contributed by atoms with Gasteiger partial charge in [-0.3, -0.25) is 0 Å². The number of fused-ring (bicyclic) bond motifs is 1. The monoisotopic (exact) mass is 473 g/mol. The first-order valence-electron chi connectivity index (χ1n) is 12.1. The van der Waals surface area contributed by atoms with E-state index in [1.165, 1.54) is 5.69 Å². The average molecular weight is 474 g/mol. The van der Waals surface area contributed by atoms with Crippen LogP contribution in [0, 0.1) is 0 Å². The van der Waals surface area contributed by atoms with Crippen molar-refractivity contribution in [3.63, 3.8) is 0 Å². The van der Waals surface area contributed by atoms with E-state index in [0.29, 0.717) is 6.42 Å². The summed E-state index contributed by atoms with van der Waals surface area (Å²) in [6.07, 6.45) is 0.595. The zero-order chi connectivity index (χ0) is 24.1. The van der Waals surface area contributed by atoms with Gasteiger partial charge in [0.15, 0.2) is 0 Å². The third kappa shape index (κ3) is 4.85. The lowest BCUT2D eigenvalue weighted by Gasteiger charge is -2.22. The highest BCUT2D eigenvalue weighted by Crippen LogP contribution is 2.33. The molecule has 0 saturated heterocycles. The molecule has 1 heterocycles. The van der Waals surface area contributed by atoms with E-state index >= 15 is 0 Å². The van der Waals surface area contributed by atoms with Crippen molar-refractivity contribution < 1.29 is 0 Å². The first-order valence-corrected chi connectivity index (χ1v) is 12.5. The molecule has 34 heavy (non-hydrogen) atoms. The van der Waals surface area contributed by atoms with Crippen LogP contribution in [0.25, 0.3) is 22.0 Å². The van der Waals surface area contributed by atoms with Gasteiger partial charge in [0.1, 0.15) is 0 Å². The maximum absolute atomic E-state index is 6.72. The quantitative estimate of drug-likeness (QED) is 0.273. The van der Waals surface area contributed by atoms with Crippen molar-refractivity contribution in [3.05, 3.63) is 76.9 Å². The maximum Gasteiger partial charge on any atom is 0.0972 e. The second kappa shape index (κ2) is 10.8. The zero-order valence-electron chi connectivity index (χ0n) is 20.4. The van der Waals surface area contributed by atoms with Gasteiger partial charge in [-0.2, -0.15) is 0 Å². The molecular formula is C28H32ClN5. The molecular weight excluding hydrogens is 442 g/mol. The Kier molecular flexibility index (Phi) is 7.63. The summed E-state index contributed by atoms with van der Waals surface area (Å²) < 4.78 is 0. The smallest absolute Gasteiger partial charge is 0.0972 e. The van der Waals surface area contributed by atoms with Gasteiger partial charge in [-0.1, -0.05) is 41.9 Å². The van der Waals surface area contributed by atoms with Gasteiger partial charge in [0.25, 0.3) is 0 Å². The number of benzene rings is 3. The Morgan fingerprint density at radius 3 is 2.03 bits per heavy atom. The molecule has 0 bridgehead atoms. The van der Waals surface area contributed by atoms with E-state index in [4.69, 9.17) is 11.6 Å². The van der Waals surface area contributed by atoms with Crippen LogP contribution in [0.3, 0.4) is 0 Å². The topological polar surface area (TPSA) is 45.2 Å². The van der Waals surface area contributed by atoms with Crippen LogP contribution in [-0.2, 0) is 6.42 Å². The van der Waals surface area contributed by atoms with Crippen molar-refractivity contribution in [2.45, 2.75) is 34.1 Å². The largest absolute Gasteiger partial charge is 0.372 e. The molecule has 0 amide bonds. The predicted molar refractivity (Wildman–Crippen MR) is 144 cm³/mol. The molecule has 0 aliphatic heterocycles. The fourth-order valence-corrected chi connectivity index (χ4v) is 4.79. The van der Waals surface area contributed by atoms with Gasteiger partial charge in [0.05, 0.1) is 11.2 Å². The van der Waals surface area contributed by atoms with Gasteiger partial charge in [0.2, 0.25) is 0 Å². The lowest BCUT2D eigenvalue weighted by atomic mass is 9.97. The Labute approximate surface area is 207 Å². The molecule has 0 atom stereocenters. The molecule has 3 aromatic carbocycles. The van der Waals surface area contributed by atoms with Crippen molar-refractivity contribution in [2.24, 2.45) is 0 Å². The van der Waals surface area contributed by atoms with Crippen molar-refractivity contribution >= 4 is 33.9 Å². The van der Waals surface area contributed by atoms with Gasteiger partial charge >= 0.3 is 0 Å². The maximum atomic E-state index is 6.72. The molecule has 0 N–H and O–H groups in total. The van der Waals surface area contributed by atoms with Gasteiger partial charge < -0.3 is 9.80 Å². The van der Waals surface area contributed by atoms with Gasteiger partial charge in [-0.05, 0) is 79.9 Å². The number of nitrogens with zero attached hydrogens (tertiary/aromatic N) is 5. The minimum absolute atomic E-state index is 0.595. The molecule has 1 aromatic heterocycles. The van der Waals surface area contributed by atoms with Gasteiger partial charge in [-0.25, -0.2) is 0 Å². The van der Waals surface area contributed by atoms with Gasteiger partial charge in [-0.15, -0.1) is 10.2 Å². The van der Waals surface area contributed by atoms with Crippen LogP contribution in [-0.4, -0.2) is 41.6 Å². The molecule has 0 saturated carbocycles. The molecule has 5 nitrogen and oxygen atoms in total. The third-order valence-corrected chi connectivity index (χ3v) is 6.83. The van der Waals surface area contributed by atoms with Crippen LogP contribution in [0.5, 0.6) is 0 Å². The molecule has 0 unspecified atom stereocenters. The van der Waals surface area contributed by atoms with Crippen molar-refractivity contribution in [2.75, 3.05) is 36.0 Å². The fourth-order valence-electron chi connectivity index (χ4n) is 4.55. The predicted octanol–water partition coefficient (Wildman–Crippen LogP) is 6.63. The summed E-state index contributed by atoms with van der Waals surface area (Å²) in [6, 6.07) is 21.2. The SMILES string of the molecule is CCN(CC)c1ccc(-c2cccc3nnnc(Cc4ccc(N(CC)CC)cc4Cl)c23)cc1. The van der Waals surface area contributed by atoms with E-state index in [9.17, 15) is 0 Å². The summed E-state index contributed by atoms with van der Waals surface area (Å²) in [6.45, 7) is 12.5. The molecule has 0 aliphatic rings. The Morgan fingerprint density at radius 1 is 0.735 bits per heavy atom. The number of aromatic nitrogens is 3. The second-order valence-electron chi connectivity index (χ2n) is 8.28. The van der Waals surface area contributed by atoms with E-state index < -0.39 is 0 Å². The summed E-state index contributed by atoms with van der Waals surface area (Å²) >= 11 is 6.72. The highest BCUT2D eigenvalue weighted by atomic mass is 35.5. The average Bonchev–Trinajstić information content (AvgIpc) is 2.87. The minimum atomic E-state index is 0.595. The number of hydrogen-bond acceptors (Lipinski definition) is 5. The van der Waals surface area contributed by atoms with Crippen LogP contribution in [0.1, 0.15) is 39.0 Å². The van der Waals surface area contributed by atoms with E-state index in [1.54, 1.807) is 0 Å². The fraction of sp³-hybridized carbons (Fsp3) is 0.321. The zero-order valence-corrected chi connectivity index (χ0v) is 21.2. The molecule has 0 aliphatic carbocycles.